The maximum Gasteiger partial charge on any atom is 0.338 e. The van der Waals surface area contributed by atoms with E-state index in [0.29, 0.717) is 41.4 Å². The van der Waals surface area contributed by atoms with Crippen molar-refractivity contribution < 1.29 is 23.5 Å². The van der Waals surface area contributed by atoms with Crippen LogP contribution in [0.4, 0.5) is 5.69 Å². The Hall–Kier alpha value is -2.89. The molecule has 0 saturated heterocycles. The number of nitrogens with one attached hydrogen (secondary N) is 1. The minimum atomic E-state index is -0.365. The molecule has 1 aromatic heterocycles. The number of ketones is 1. The average Bonchev–Trinajstić information content (AvgIpc) is 3.02. The Morgan fingerprint density at radius 3 is 2.44 bits per heavy atom. The van der Waals surface area contributed by atoms with Gasteiger partial charge in [0.25, 0.3) is 0 Å². The summed E-state index contributed by atoms with van der Waals surface area (Å²) >= 11 is 0. The van der Waals surface area contributed by atoms with Crippen LogP contribution < -0.4 is 5.32 Å². The molecule has 6 nitrogen and oxygen atoms in total. The summed E-state index contributed by atoms with van der Waals surface area (Å²) in [4.78, 5) is 35.4. The van der Waals surface area contributed by atoms with Crippen LogP contribution in [-0.2, 0) is 16.0 Å². The van der Waals surface area contributed by atoms with Gasteiger partial charge >= 0.3 is 5.97 Å². The fourth-order valence-electron chi connectivity index (χ4n) is 2.56. The van der Waals surface area contributed by atoms with Crippen molar-refractivity contribution in [3.8, 4) is 0 Å². The van der Waals surface area contributed by atoms with Crippen molar-refractivity contribution in [1.29, 1.82) is 0 Å². The predicted octanol–water partition coefficient (Wildman–Crippen LogP) is 4.32. The summed E-state index contributed by atoms with van der Waals surface area (Å²) in [5, 5.41) is 2.78. The first-order valence-electron chi connectivity index (χ1n) is 9.08. The second kappa shape index (κ2) is 9.71. The number of unbranched alkanes of at least 4 members (excludes halogenated alkanes) is 1. The molecule has 0 atom stereocenters. The molecule has 1 N–H and O–H groups in total. The van der Waals surface area contributed by atoms with E-state index in [9.17, 15) is 14.4 Å². The largest absolute Gasteiger partial charge is 0.466 e. The smallest absolute Gasteiger partial charge is 0.338 e. The zero-order valence-corrected chi connectivity index (χ0v) is 16.0. The van der Waals surface area contributed by atoms with Gasteiger partial charge in [-0.3, -0.25) is 9.59 Å². The van der Waals surface area contributed by atoms with Crippen molar-refractivity contribution in [3.63, 3.8) is 0 Å². The molecule has 0 radical (unpaired) electrons. The summed E-state index contributed by atoms with van der Waals surface area (Å²) in [7, 11) is 0. The summed E-state index contributed by atoms with van der Waals surface area (Å²) in [5.41, 5.74) is 1.60. The molecule has 6 heteroatoms. The summed E-state index contributed by atoms with van der Waals surface area (Å²) in [5.74, 6) is 0.583. The van der Waals surface area contributed by atoms with E-state index in [0.717, 1.165) is 12.8 Å². The van der Waals surface area contributed by atoms with E-state index in [1.165, 1.54) is 6.92 Å². The van der Waals surface area contributed by atoms with Crippen LogP contribution in [0.2, 0.25) is 0 Å². The van der Waals surface area contributed by atoms with Crippen molar-refractivity contribution in [2.45, 2.75) is 46.5 Å². The van der Waals surface area contributed by atoms with Gasteiger partial charge in [0.2, 0.25) is 5.91 Å². The molecule has 27 heavy (non-hydrogen) atoms. The number of benzene rings is 1. The molecule has 0 aliphatic heterocycles. The van der Waals surface area contributed by atoms with Crippen LogP contribution in [0.25, 0.3) is 0 Å². The molecular weight excluding hydrogens is 346 g/mol. The predicted molar refractivity (Wildman–Crippen MR) is 102 cm³/mol. The molecule has 144 valence electrons. The summed E-state index contributed by atoms with van der Waals surface area (Å²) in [6.45, 7) is 5.65. The molecule has 0 fully saturated rings. The SMILES string of the molecule is CCCCOC(=O)c1ccc(NC(=O)CCc2cc(C(C)=O)c(C)o2)cc1. The quantitative estimate of drug-likeness (QED) is 0.403. The molecule has 0 aliphatic rings. The van der Waals surface area contributed by atoms with E-state index in [1.807, 2.05) is 6.92 Å². The number of rotatable bonds is 9. The number of amides is 1. The monoisotopic (exact) mass is 371 g/mol. The highest BCUT2D eigenvalue weighted by molar-refractivity contribution is 5.95. The highest BCUT2D eigenvalue weighted by Gasteiger charge is 2.13. The number of esters is 1. The van der Waals surface area contributed by atoms with Crippen LogP contribution in [-0.4, -0.2) is 24.3 Å². The van der Waals surface area contributed by atoms with Crippen LogP contribution in [0, 0.1) is 6.92 Å². The minimum Gasteiger partial charge on any atom is -0.466 e. The molecule has 0 bridgehead atoms. The van der Waals surface area contributed by atoms with Gasteiger partial charge in [-0.05, 0) is 50.6 Å². The highest BCUT2D eigenvalue weighted by atomic mass is 16.5. The third-order valence-electron chi connectivity index (χ3n) is 4.08. The number of carbonyl (C=O) groups is 3. The molecule has 0 aliphatic carbocycles. The maximum absolute atomic E-state index is 12.1. The van der Waals surface area contributed by atoms with Crippen molar-refractivity contribution in [3.05, 3.63) is 53.0 Å². The van der Waals surface area contributed by atoms with E-state index in [2.05, 4.69) is 5.32 Å². The normalized spacial score (nSPS) is 10.5. The van der Waals surface area contributed by atoms with Gasteiger partial charge < -0.3 is 14.5 Å². The Labute approximate surface area is 158 Å². The maximum atomic E-state index is 12.1. The van der Waals surface area contributed by atoms with E-state index in [1.54, 1.807) is 37.3 Å². The molecule has 0 saturated carbocycles. The van der Waals surface area contributed by atoms with Crippen LogP contribution >= 0.6 is 0 Å². The zero-order chi connectivity index (χ0) is 19.8. The molecular formula is C21H25NO5. The third-order valence-corrected chi connectivity index (χ3v) is 4.08. The first-order chi connectivity index (χ1) is 12.9. The Morgan fingerprint density at radius 2 is 1.85 bits per heavy atom. The van der Waals surface area contributed by atoms with Crippen molar-refractivity contribution in [2.75, 3.05) is 11.9 Å². The summed E-state index contributed by atoms with van der Waals surface area (Å²) in [6, 6.07) is 8.26. The second-order valence-electron chi connectivity index (χ2n) is 6.35. The summed E-state index contributed by atoms with van der Waals surface area (Å²) in [6.07, 6.45) is 2.43. The number of carbonyl (C=O) groups excluding carboxylic acids is 3. The Kier molecular flexibility index (Phi) is 7.34. The molecule has 1 amide bonds. The van der Waals surface area contributed by atoms with E-state index < -0.39 is 0 Å². The Balaban J connectivity index is 1.84. The van der Waals surface area contributed by atoms with Gasteiger partial charge in [-0.2, -0.15) is 0 Å². The molecule has 2 aromatic rings. The number of hydrogen-bond donors (Lipinski definition) is 1. The number of anilines is 1. The van der Waals surface area contributed by atoms with E-state index >= 15 is 0 Å². The molecule has 1 aromatic carbocycles. The molecule has 0 unspecified atom stereocenters. The lowest BCUT2D eigenvalue weighted by atomic mass is 10.1. The number of Topliss-reactive ketones (excluding diaryl/α,β-unsaturated/α-hetero) is 1. The number of aryl methyl sites for hydroxylation is 2. The molecule has 0 spiro atoms. The van der Waals surface area contributed by atoms with Gasteiger partial charge in [0.1, 0.15) is 11.5 Å². The van der Waals surface area contributed by atoms with Gasteiger partial charge in [0, 0.05) is 18.5 Å². The first-order valence-corrected chi connectivity index (χ1v) is 9.08. The van der Waals surface area contributed by atoms with Gasteiger partial charge in [0.05, 0.1) is 17.7 Å². The van der Waals surface area contributed by atoms with Crippen molar-refractivity contribution >= 4 is 23.3 Å². The second-order valence-corrected chi connectivity index (χ2v) is 6.35. The standard InChI is InChI=1S/C21H25NO5/c1-4-5-12-26-21(25)16-6-8-17(9-7-16)22-20(24)11-10-18-13-19(14(2)23)15(3)27-18/h6-9,13H,4-5,10-12H2,1-3H3,(H,22,24). The number of hydrogen-bond acceptors (Lipinski definition) is 5. The fraction of sp³-hybridized carbons (Fsp3) is 0.381. The van der Waals surface area contributed by atoms with Crippen LogP contribution in [0.5, 0.6) is 0 Å². The Bertz CT molecular complexity index is 804. The van der Waals surface area contributed by atoms with Gasteiger partial charge in [-0.15, -0.1) is 0 Å². The van der Waals surface area contributed by atoms with E-state index in [4.69, 9.17) is 9.15 Å². The van der Waals surface area contributed by atoms with Crippen LogP contribution in [0.1, 0.15) is 65.3 Å². The minimum absolute atomic E-state index is 0.0553. The fourth-order valence-corrected chi connectivity index (χ4v) is 2.56. The van der Waals surface area contributed by atoms with Crippen LogP contribution in [0.3, 0.4) is 0 Å². The third kappa shape index (κ3) is 6.09. The lowest BCUT2D eigenvalue weighted by Gasteiger charge is -2.07. The van der Waals surface area contributed by atoms with Crippen molar-refractivity contribution in [1.82, 2.24) is 0 Å². The lowest BCUT2D eigenvalue weighted by Crippen LogP contribution is -2.12. The highest BCUT2D eigenvalue weighted by Crippen LogP contribution is 2.17. The molecule has 1 heterocycles. The van der Waals surface area contributed by atoms with Gasteiger partial charge in [0.15, 0.2) is 5.78 Å². The van der Waals surface area contributed by atoms with Gasteiger partial charge in [-0.25, -0.2) is 4.79 Å². The Morgan fingerprint density at radius 1 is 1.15 bits per heavy atom. The lowest BCUT2D eigenvalue weighted by molar-refractivity contribution is -0.116. The topological polar surface area (TPSA) is 85.6 Å². The van der Waals surface area contributed by atoms with Gasteiger partial charge in [-0.1, -0.05) is 13.3 Å². The van der Waals surface area contributed by atoms with E-state index in [-0.39, 0.29) is 24.1 Å². The van der Waals surface area contributed by atoms with Crippen molar-refractivity contribution in [2.24, 2.45) is 0 Å². The molecule has 2 rings (SSSR count). The number of ether oxygens (including phenoxy) is 1. The average molecular weight is 371 g/mol. The first kappa shape index (κ1) is 20.4. The number of furan rings is 1. The summed E-state index contributed by atoms with van der Waals surface area (Å²) < 4.78 is 10.7. The zero-order valence-electron chi connectivity index (χ0n) is 16.0. The van der Waals surface area contributed by atoms with Crippen LogP contribution in [0.15, 0.2) is 34.7 Å².